The highest BCUT2D eigenvalue weighted by Gasteiger charge is 2.07. The molecular formula is C21H19BrO3S. The molecule has 1 aromatic carbocycles. The molecule has 0 saturated heterocycles. The number of hydrogen-bond acceptors (Lipinski definition) is 4. The lowest BCUT2D eigenvalue weighted by Crippen LogP contribution is -1.93. The molecule has 0 aliphatic carbocycles. The number of rotatable bonds is 8. The third-order valence-corrected chi connectivity index (χ3v) is 5.31. The molecule has 134 valence electrons. The first-order valence-corrected chi connectivity index (χ1v) is 10.0. The zero-order valence-corrected chi connectivity index (χ0v) is 16.8. The number of ketones is 1. The molecule has 3 nitrogen and oxygen atoms in total. The predicted molar refractivity (Wildman–Crippen MR) is 109 cm³/mol. The van der Waals surface area contributed by atoms with Gasteiger partial charge < -0.3 is 9.15 Å². The second kappa shape index (κ2) is 9.01. The van der Waals surface area contributed by atoms with E-state index in [0.29, 0.717) is 18.1 Å². The van der Waals surface area contributed by atoms with Crippen molar-refractivity contribution in [1.29, 1.82) is 0 Å². The van der Waals surface area contributed by atoms with Gasteiger partial charge in [0.05, 0.1) is 4.88 Å². The molecule has 3 rings (SSSR count). The van der Waals surface area contributed by atoms with Crippen LogP contribution in [0.4, 0.5) is 0 Å². The van der Waals surface area contributed by atoms with Crippen LogP contribution in [0.1, 0.15) is 39.4 Å². The molecule has 0 bridgehead atoms. The minimum Gasteiger partial charge on any atom is -0.486 e. The number of thiophene rings is 1. The highest BCUT2D eigenvalue weighted by molar-refractivity contribution is 9.10. The Morgan fingerprint density at radius 3 is 2.92 bits per heavy atom. The predicted octanol–water partition coefficient (Wildman–Crippen LogP) is 6.53. The molecule has 26 heavy (non-hydrogen) atoms. The van der Waals surface area contributed by atoms with Crippen molar-refractivity contribution in [3.05, 3.63) is 80.4 Å². The van der Waals surface area contributed by atoms with Crippen LogP contribution < -0.4 is 4.74 Å². The van der Waals surface area contributed by atoms with Crippen LogP contribution in [-0.4, -0.2) is 5.78 Å². The first-order chi connectivity index (χ1) is 12.6. The molecule has 0 N–H and O–H groups in total. The van der Waals surface area contributed by atoms with Gasteiger partial charge in [-0.2, -0.15) is 0 Å². The third kappa shape index (κ3) is 5.19. The zero-order chi connectivity index (χ0) is 18.4. The van der Waals surface area contributed by atoms with Crippen LogP contribution in [0.15, 0.2) is 63.5 Å². The van der Waals surface area contributed by atoms with Gasteiger partial charge in [-0.05, 0) is 61.0 Å². The molecule has 0 atom stereocenters. The van der Waals surface area contributed by atoms with Crippen LogP contribution in [-0.2, 0) is 13.0 Å². The number of aryl methyl sites for hydroxylation is 1. The number of hydrogen-bond donors (Lipinski definition) is 0. The monoisotopic (exact) mass is 430 g/mol. The normalized spacial score (nSPS) is 11.2. The Morgan fingerprint density at radius 1 is 1.23 bits per heavy atom. The van der Waals surface area contributed by atoms with Gasteiger partial charge in [0.25, 0.3) is 0 Å². The summed E-state index contributed by atoms with van der Waals surface area (Å²) in [5.74, 6) is 2.11. The maximum absolute atomic E-state index is 12.2. The van der Waals surface area contributed by atoms with E-state index < -0.39 is 0 Å². The minimum atomic E-state index is 0.000638. The van der Waals surface area contributed by atoms with Crippen LogP contribution >= 0.6 is 27.3 Å². The Hall–Kier alpha value is -2.11. The van der Waals surface area contributed by atoms with Crippen LogP contribution in [0.3, 0.4) is 0 Å². The van der Waals surface area contributed by atoms with Crippen LogP contribution in [0.2, 0.25) is 0 Å². The molecule has 0 amide bonds. The van der Waals surface area contributed by atoms with Crippen molar-refractivity contribution in [1.82, 2.24) is 0 Å². The van der Waals surface area contributed by atoms with Gasteiger partial charge in [-0.25, -0.2) is 0 Å². The molecular weight excluding hydrogens is 412 g/mol. The van der Waals surface area contributed by atoms with Crippen molar-refractivity contribution in [3.63, 3.8) is 0 Å². The van der Waals surface area contributed by atoms with E-state index in [-0.39, 0.29) is 5.78 Å². The molecule has 0 radical (unpaired) electrons. The molecule has 0 fully saturated rings. The van der Waals surface area contributed by atoms with Crippen molar-refractivity contribution >= 4 is 39.1 Å². The number of ether oxygens (including phenoxy) is 1. The number of allylic oxidation sites excluding steroid dienone is 1. The van der Waals surface area contributed by atoms with E-state index in [9.17, 15) is 4.79 Å². The fourth-order valence-corrected chi connectivity index (χ4v) is 3.81. The lowest BCUT2D eigenvalue weighted by atomic mass is 10.2. The van der Waals surface area contributed by atoms with Crippen molar-refractivity contribution in [2.24, 2.45) is 0 Å². The molecule has 0 aliphatic rings. The van der Waals surface area contributed by atoms with Gasteiger partial charge in [0.2, 0.25) is 0 Å². The molecule has 3 aromatic rings. The van der Waals surface area contributed by atoms with E-state index in [1.54, 1.807) is 23.5 Å². The number of carbonyl (C=O) groups excluding carboxylic acids is 1. The summed E-state index contributed by atoms with van der Waals surface area (Å²) < 4.78 is 12.4. The SMILES string of the molecule is CCCc1ccc(C(=O)/C=C/c2ccc(COc3cccc(Br)c3)o2)s1. The van der Waals surface area contributed by atoms with E-state index in [4.69, 9.17) is 9.15 Å². The molecule has 0 saturated carbocycles. The molecule has 0 aliphatic heterocycles. The molecule has 5 heteroatoms. The maximum atomic E-state index is 12.2. The van der Waals surface area contributed by atoms with Crippen LogP contribution in [0.5, 0.6) is 5.75 Å². The lowest BCUT2D eigenvalue weighted by Gasteiger charge is -2.03. The van der Waals surface area contributed by atoms with Crippen LogP contribution in [0.25, 0.3) is 6.08 Å². The Morgan fingerprint density at radius 2 is 2.12 bits per heavy atom. The lowest BCUT2D eigenvalue weighted by molar-refractivity contribution is 0.105. The first-order valence-electron chi connectivity index (χ1n) is 8.42. The smallest absolute Gasteiger partial charge is 0.195 e. The van der Waals surface area contributed by atoms with Gasteiger partial charge in [0.15, 0.2) is 5.78 Å². The Bertz CT molecular complexity index is 907. The average Bonchev–Trinajstić information content (AvgIpc) is 3.28. The third-order valence-electron chi connectivity index (χ3n) is 3.66. The average molecular weight is 431 g/mol. The Labute approximate surface area is 165 Å². The summed E-state index contributed by atoms with van der Waals surface area (Å²) in [6, 6.07) is 15.3. The van der Waals surface area contributed by atoms with E-state index in [1.807, 2.05) is 48.5 Å². The van der Waals surface area contributed by atoms with Gasteiger partial charge >= 0.3 is 0 Å². The van der Waals surface area contributed by atoms with Crippen molar-refractivity contribution < 1.29 is 13.9 Å². The topological polar surface area (TPSA) is 39.4 Å². The van der Waals surface area contributed by atoms with E-state index in [2.05, 4.69) is 22.9 Å². The minimum absolute atomic E-state index is 0.000638. The van der Waals surface area contributed by atoms with Crippen molar-refractivity contribution in [3.8, 4) is 5.75 Å². The first kappa shape index (κ1) is 18.7. The highest BCUT2D eigenvalue weighted by atomic mass is 79.9. The fraction of sp³-hybridized carbons (Fsp3) is 0.190. The summed E-state index contributed by atoms with van der Waals surface area (Å²) in [4.78, 5) is 14.2. The van der Waals surface area contributed by atoms with Gasteiger partial charge in [0, 0.05) is 9.35 Å². The van der Waals surface area contributed by atoms with Gasteiger partial charge in [-0.15, -0.1) is 11.3 Å². The Kier molecular flexibility index (Phi) is 6.47. The maximum Gasteiger partial charge on any atom is 0.195 e. The Balaban J connectivity index is 1.57. The number of carbonyl (C=O) groups is 1. The highest BCUT2D eigenvalue weighted by Crippen LogP contribution is 2.21. The number of furan rings is 1. The quantitative estimate of drug-likeness (QED) is 0.301. The summed E-state index contributed by atoms with van der Waals surface area (Å²) in [5, 5.41) is 0. The molecule has 2 aromatic heterocycles. The summed E-state index contributed by atoms with van der Waals surface area (Å²) in [6.45, 7) is 2.47. The number of halogens is 1. The van der Waals surface area contributed by atoms with E-state index in [0.717, 1.165) is 27.9 Å². The number of benzene rings is 1. The molecule has 0 spiro atoms. The summed E-state index contributed by atoms with van der Waals surface area (Å²) in [7, 11) is 0. The molecule has 0 unspecified atom stereocenters. The van der Waals surface area contributed by atoms with E-state index in [1.165, 1.54) is 4.88 Å². The van der Waals surface area contributed by atoms with E-state index >= 15 is 0 Å². The van der Waals surface area contributed by atoms with Crippen molar-refractivity contribution in [2.75, 3.05) is 0 Å². The van der Waals surface area contributed by atoms with Crippen molar-refractivity contribution in [2.45, 2.75) is 26.4 Å². The molecule has 2 heterocycles. The fourth-order valence-electron chi connectivity index (χ4n) is 2.40. The van der Waals surface area contributed by atoms with Gasteiger partial charge in [-0.3, -0.25) is 4.79 Å². The van der Waals surface area contributed by atoms with Gasteiger partial charge in [-0.1, -0.05) is 35.3 Å². The second-order valence-electron chi connectivity index (χ2n) is 5.76. The standard InChI is InChI=1S/C21H19BrO3S/c1-2-4-19-10-12-21(26-19)20(23)11-9-16-7-8-18(25-16)14-24-17-6-3-5-15(22)13-17/h3,5-13H,2,4,14H2,1H3/b11-9+. The summed E-state index contributed by atoms with van der Waals surface area (Å²) in [5.41, 5.74) is 0. The summed E-state index contributed by atoms with van der Waals surface area (Å²) in [6.07, 6.45) is 5.35. The summed E-state index contributed by atoms with van der Waals surface area (Å²) >= 11 is 4.97. The zero-order valence-electron chi connectivity index (χ0n) is 14.4. The largest absolute Gasteiger partial charge is 0.486 e. The van der Waals surface area contributed by atoms with Crippen LogP contribution in [0, 0.1) is 0 Å². The van der Waals surface area contributed by atoms with Gasteiger partial charge in [0.1, 0.15) is 23.9 Å². The second-order valence-corrected chi connectivity index (χ2v) is 7.85.